The average Bonchev–Trinajstić information content (AvgIpc) is 2.43. The Hall–Kier alpha value is -0.780. The summed E-state index contributed by atoms with van der Waals surface area (Å²) in [6, 6.07) is 9.10. The molecule has 1 atom stereocenters. The van der Waals surface area contributed by atoms with Gasteiger partial charge in [-0.3, -0.25) is 0 Å². The highest BCUT2D eigenvalue weighted by Gasteiger charge is 2.21. The molecule has 0 amide bonds. The molecule has 106 valence electrons. The molecule has 0 aromatic heterocycles. The Labute approximate surface area is 133 Å². The number of halogens is 4. The van der Waals surface area contributed by atoms with Gasteiger partial charge < -0.3 is 5.32 Å². The van der Waals surface area contributed by atoms with Gasteiger partial charge in [0.25, 0.3) is 0 Å². The van der Waals surface area contributed by atoms with E-state index in [9.17, 15) is 8.78 Å². The second kappa shape index (κ2) is 6.78. The van der Waals surface area contributed by atoms with Crippen LogP contribution in [0.1, 0.15) is 24.1 Å². The topological polar surface area (TPSA) is 12.0 Å². The van der Waals surface area contributed by atoms with Crippen LogP contribution in [0.4, 0.5) is 8.78 Å². The number of benzene rings is 2. The van der Waals surface area contributed by atoms with Gasteiger partial charge in [0.2, 0.25) is 0 Å². The normalized spacial score (nSPS) is 12.4. The lowest BCUT2D eigenvalue weighted by molar-refractivity contribution is 0.550. The van der Waals surface area contributed by atoms with Crippen LogP contribution < -0.4 is 5.32 Å². The van der Waals surface area contributed by atoms with E-state index in [0.717, 1.165) is 4.47 Å². The number of hydrogen-bond acceptors (Lipinski definition) is 1. The summed E-state index contributed by atoms with van der Waals surface area (Å²) in [6.45, 7) is 2.57. The summed E-state index contributed by atoms with van der Waals surface area (Å²) in [6.07, 6.45) is 0. The van der Waals surface area contributed by atoms with Crippen molar-refractivity contribution in [1.82, 2.24) is 5.32 Å². The van der Waals surface area contributed by atoms with E-state index in [0.29, 0.717) is 22.1 Å². The first-order valence-electron chi connectivity index (χ1n) is 6.16. The van der Waals surface area contributed by atoms with E-state index in [2.05, 4.69) is 37.2 Å². The Balaban J connectivity index is 2.56. The third kappa shape index (κ3) is 3.27. The van der Waals surface area contributed by atoms with E-state index < -0.39 is 6.04 Å². The molecular weight excluding hydrogens is 392 g/mol. The Morgan fingerprint density at radius 3 is 2.50 bits per heavy atom. The predicted molar refractivity (Wildman–Crippen MR) is 83.7 cm³/mol. The smallest absolute Gasteiger partial charge is 0.142 e. The highest BCUT2D eigenvalue weighted by atomic mass is 79.9. The Kier molecular flexibility index (Phi) is 5.29. The maximum atomic E-state index is 14.3. The van der Waals surface area contributed by atoms with E-state index >= 15 is 0 Å². The minimum atomic E-state index is -0.414. The third-order valence-corrected chi connectivity index (χ3v) is 4.30. The van der Waals surface area contributed by atoms with Gasteiger partial charge in [-0.1, -0.05) is 35.0 Å². The van der Waals surface area contributed by atoms with E-state index in [1.807, 2.05) is 6.92 Å². The van der Waals surface area contributed by atoms with Crippen LogP contribution in [0.3, 0.4) is 0 Å². The molecule has 0 aliphatic carbocycles. The van der Waals surface area contributed by atoms with Gasteiger partial charge in [-0.2, -0.15) is 0 Å². The molecule has 1 N–H and O–H groups in total. The lowest BCUT2D eigenvalue weighted by atomic mass is 9.98. The minimum absolute atomic E-state index is 0.338. The van der Waals surface area contributed by atoms with E-state index in [4.69, 9.17) is 0 Å². The molecule has 0 saturated carbocycles. The van der Waals surface area contributed by atoms with Crippen molar-refractivity contribution < 1.29 is 8.78 Å². The molecule has 1 nitrogen and oxygen atoms in total. The van der Waals surface area contributed by atoms with E-state index in [-0.39, 0.29) is 11.6 Å². The Morgan fingerprint density at radius 1 is 1.05 bits per heavy atom. The van der Waals surface area contributed by atoms with E-state index in [1.54, 1.807) is 24.3 Å². The molecule has 5 heteroatoms. The fourth-order valence-corrected chi connectivity index (χ4v) is 2.93. The van der Waals surface area contributed by atoms with Crippen LogP contribution >= 0.6 is 31.9 Å². The summed E-state index contributed by atoms with van der Waals surface area (Å²) < 4.78 is 28.9. The van der Waals surface area contributed by atoms with Gasteiger partial charge in [-0.05, 0) is 52.3 Å². The maximum absolute atomic E-state index is 14.3. The molecular formula is C15H13Br2F2N. The van der Waals surface area contributed by atoms with Crippen molar-refractivity contribution in [1.29, 1.82) is 0 Å². The zero-order valence-electron chi connectivity index (χ0n) is 10.8. The van der Waals surface area contributed by atoms with Gasteiger partial charge in [0, 0.05) is 10.0 Å². The fraction of sp³-hybridized carbons (Fsp3) is 0.200. The molecule has 0 saturated heterocycles. The van der Waals surface area contributed by atoms with Gasteiger partial charge >= 0.3 is 0 Å². The van der Waals surface area contributed by atoms with Gasteiger partial charge in [-0.15, -0.1) is 0 Å². The van der Waals surface area contributed by atoms with Crippen LogP contribution in [0.5, 0.6) is 0 Å². The molecule has 1 unspecified atom stereocenters. The van der Waals surface area contributed by atoms with Crippen molar-refractivity contribution in [3.05, 3.63) is 68.1 Å². The fourth-order valence-electron chi connectivity index (χ4n) is 2.07. The highest BCUT2D eigenvalue weighted by molar-refractivity contribution is 9.10. The lowest BCUT2D eigenvalue weighted by Gasteiger charge is -2.21. The van der Waals surface area contributed by atoms with Crippen LogP contribution in [0.2, 0.25) is 0 Å². The summed E-state index contributed by atoms with van der Waals surface area (Å²) in [5.41, 5.74) is 1.15. The van der Waals surface area contributed by atoms with E-state index in [1.165, 1.54) is 12.1 Å². The second-order valence-corrected chi connectivity index (χ2v) is 6.01. The van der Waals surface area contributed by atoms with Crippen LogP contribution in [-0.2, 0) is 0 Å². The zero-order chi connectivity index (χ0) is 14.7. The van der Waals surface area contributed by atoms with Gasteiger partial charge in [-0.25, -0.2) is 8.78 Å². The van der Waals surface area contributed by atoms with Crippen molar-refractivity contribution in [3.8, 4) is 0 Å². The molecule has 0 fully saturated rings. The van der Waals surface area contributed by atoms with Crippen LogP contribution in [-0.4, -0.2) is 6.54 Å². The molecule has 0 radical (unpaired) electrons. The minimum Gasteiger partial charge on any atom is -0.306 e. The molecule has 0 aliphatic rings. The summed E-state index contributed by atoms with van der Waals surface area (Å²) in [7, 11) is 0. The number of hydrogen-bond donors (Lipinski definition) is 1. The molecule has 2 rings (SSSR count). The average molecular weight is 405 g/mol. The highest BCUT2D eigenvalue weighted by Crippen LogP contribution is 2.32. The van der Waals surface area contributed by atoms with Crippen molar-refractivity contribution in [2.24, 2.45) is 0 Å². The predicted octanol–water partition coefficient (Wildman–Crippen LogP) is 5.19. The van der Waals surface area contributed by atoms with Crippen molar-refractivity contribution in [2.75, 3.05) is 6.54 Å². The van der Waals surface area contributed by atoms with Crippen LogP contribution in [0.15, 0.2) is 45.3 Å². The number of nitrogens with one attached hydrogen (secondary N) is 1. The molecule has 0 spiro atoms. The standard InChI is InChI=1S/C15H13Br2F2N/c1-2-20-15(10-4-3-5-13(17)14(10)19)11-8-9(18)6-7-12(11)16/h3-8,15,20H,2H2,1H3. The zero-order valence-corrected chi connectivity index (χ0v) is 13.9. The maximum Gasteiger partial charge on any atom is 0.142 e. The van der Waals surface area contributed by atoms with Crippen LogP contribution in [0, 0.1) is 11.6 Å². The Bertz CT molecular complexity index is 615. The molecule has 2 aromatic carbocycles. The van der Waals surface area contributed by atoms with Crippen molar-refractivity contribution in [2.45, 2.75) is 13.0 Å². The van der Waals surface area contributed by atoms with Gasteiger partial charge in [0.1, 0.15) is 11.6 Å². The van der Waals surface area contributed by atoms with Crippen molar-refractivity contribution >= 4 is 31.9 Å². The quantitative estimate of drug-likeness (QED) is 0.739. The SMILES string of the molecule is CCNC(c1cc(F)ccc1Br)c1cccc(Br)c1F. The first-order chi connectivity index (χ1) is 9.54. The summed E-state index contributed by atoms with van der Waals surface area (Å²) in [5, 5.41) is 3.19. The molecule has 0 heterocycles. The van der Waals surface area contributed by atoms with Crippen molar-refractivity contribution in [3.63, 3.8) is 0 Å². The van der Waals surface area contributed by atoms with Gasteiger partial charge in [0.05, 0.1) is 10.5 Å². The summed E-state index contributed by atoms with van der Waals surface area (Å²) in [5.74, 6) is -0.684. The van der Waals surface area contributed by atoms with Gasteiger partial charge in [0.15, 0.2) is 0 Å². The first-order valence-corrected chi connectivity index (χ1v) is 7.75. The molecule has 0 aliphatic heterocycles. The molecule has 20 heavy (non-hydrogen) atoms. The largest absolute Gasteiger partial charge is 0.306 e. The first kappa shape index (κ1) is 15.6. The Morgan fingerprint density at radius 2 is 1.80 bits per heavy atom. The monoisotopic (exact) mass is 403 g/mol. The number of rotatable bonds is 4. The molecule has 0 bridgehead atoms. The summed E-state index contributed by atoms with van der Waals surface area (Å²) >= 11 is 6.58. The second-order valence-electron chi connectivity index (χ2n) is 4.30. The lowest BCUT2D eigenvalue weighted by Crippen LogP contribution is -2.23. The third-order valence-electron chi connectivity index (χ3n) is 2.97. The molecule has 2 aromatic rings. The van der Waals surface area contributed by atoms with Crippen LogP contribution in [0.25, 0.3) is 0 Å². The summed E-state index contributed by atoms with van der Waals surface area (Å²) in [4.78, 5) is 0.